The molecule has 0 radical (unpaired) electrons. The van der Waals surface area contributed by atoms with Crippen molar-refractivity contribution in [2.45, 2.75) is 52.9 Å². The van der Waals surface area contributed by atoms with Crippen LogP contribution in [0.2, 0.25) is 0 Å². The summed E-state index contributed by atoms with van der Waals surface area (Å²) in [4.78, 5) is 16.6. The quantitative estimate of drug-likeness (QED) is 0.578. The highest BCUT2D eigenvalue weighted by molar-refractivity contribution is 7.18. The minimum Gasteiger partial charge on any atom is -0.382 e. The van der Waals surface area contributed by atoms with E-state index in [0.717, 1.165) is 25.3 Å². The summed E-state index contributed by atoms with van der Waals surface area (Å²) in [5.41, 5.74) is 5.77. The van der Waals surface area contributed by atoms with E-state index < -0.39 is 0 Å². The molecule has 0 aliphatic carbocycles. The molecule has 1 heterocycles. The fraction of sp³-hybridized carbons (Fsp3) is 0.733. The summed E-state index contributed by atoms with van der Waals surface area (Å²) in [7, 11) is 0. The van der Waals surface area contributed by atoms with Crippen LogP contribution in [-0.2, 0) is 0 Å². The molecule has 4 N–H and O–H groups in total. The van der Waals surface area contributed by atoms with E-state index >= 15 is 0 Å². The molecule has 120 valence electrons. The van der Waals surface area contributed by atoms with Gasteiger partial charge in [-0.25, -0.2) is 4.98 Å². The molecule has 0 aromatic carbocycles. The Balaban J connectivity index is 2.21. The maximum absolute atomic E-state index is 12.0. The van der Waals surface area contributed by atoms with Gasteiger partial charge in [-0.3, -0.25) is 4.79 Å². The highest BCUT2D eigenvalue weighted by atomic mass is 32.1. The highest BCUT2D eigenvalue weighted by Crippen LogP contribution is 2.24. The first kappa shape index (κ1) is 17.8. The molecule has 21 heavy (non-hydrogen) atoms. The monoisotopic (exact) mass is 312 g/mol. The summed E-state index contributed by atoms with van der Waals surface area (Å²) in [6.45, 7) is 7.96. The Morgan fingerprint density at radius 1 is 1.29 bits per heavy atom. The van der Waals surface area contributed by atoms with Gasteiger partial charge in [0.25, 0.3) is 5.91 Å². The van der Waals surface area contributed by atoms with Crippen LogP contribution >= 0.6 is 11.3 Å². The number of anilines is 2. The molecule has 1 amide bonds. The second-order valence-corrected chi connectivity index (χ2v) is 6.62. The van der Waals surface area contributed by atoms with Crippen molar-refractivity contribution in [3.63, 3.8) is 0 Å². The zero-order valence-corrected chi connectivity index (χ0v) is 14.2. The molecule has 0 aliphatic rings. The van der Waals surface area contributed by atoms with Crippen LogP contribution in [0.15, 0.2) is 0 Å². The second kappa shape index (κ2) is 9.60. The number of amides is 1. The van der Waals surface area contributed by atoms with Gasteiger partial charge in [-0.05, 0) is 19.3 Å². The highest BCUT2D eigenvalue weighted by Gasteiger charge is 2.15. The first-order chi connectivity index (χ1) is 10.0. The lowest BCUT2D eigenvalue weighted by atomic mass is 10.0. The summed E-state index contributed by atoms with van der Waals surface area (Å²) < 4.78 is 0. The molecular weight excluding hydrogens is 284 g/mol. The lowest BCUT2D eigenvalue weighted by molar-refractivity contribution is 0.0957. The van der Waals surface area contributed by atoms with Crippen LogP contribution in [0.5, 0.6) is 0 Å². The number of nitrogens with one attached hydrogen (secondary N) is 2. The number of rotatable bonds is 10. The van der Waals surface area contributed by atoms with E-state index in [9.17, 15) is 4.79 Å². The number of aromatic nitrogens is 1. The molecule has 1 rings (SSSR count). The molecule has 0 atom stereocenters. The topological polar surface area (TPSA) is 80.0 Å². The first-order valence-corrected chi connectivity index (χ1v) is 8.64. The fourth-order valence-electron chi connectivity index (χ4n) is 2.03. The molecule has 5 nitrogen and oxygen atoms in total. The Bertz CT molecular complexity index is 431. The van der Waals surface area contributed by atoms with Gasteiger partial charge in [0.15, 0.2) is 5.13 Å². The Labute approximate surface area is 131 Å². The number of hydrogen-bond donors (Lipinski definition) is 3. The Kier molecular flexibility index (Phi) is 8.12. The van der Waals surface area contributed by atoms with Gasteiger partial charge in [0.05, 0.1) is 0 Å². The maximum Gasteiger partial charge on any atom is 0.265 e. The number of carbonyl (C=O) groups excluding carboxylic acids is 1. The van der Waals surface area contributed by atoms with Gasteiger partial charge in [-0.1, -0.05) is 50.9 Å². The standard InChI is InChI=1S/C15H28N4OS/c1-4-17-15-19-13(16)12(21-15)14(20)18-10-8-6-5-7-9-11(2)3/h11H,4-10,16H2,1-3H3,(H,17,19)(H,18,20). The Hall–Kier alpha value is -1.30. The van der Waals surface area contributed by atoms with Gasteiger partial charge in [0.1, 0.15) is 10.7 Å². The van der Waals surface area contributed by atoms with Crippen LogP contribution in [0.1, 0.15) is 62.5 Å². The van der Waals surface area contributed by atoms with Crippen LogP contribution in [0, 0.1) is 5.92 Å². The average molecular weight is 312 g/mol. The van der Waals surface area contributed by atoms with E-state index in [1.165, 1.54) is 30.6 Å². The van der Waals surface area contributed by atoms with Crippen molar-refractivity contribution < 1.29 is 4.79 Å². The Morgan fingerprint density at radius 2 is 2.00 bits per heavy atom. The van der Waals surface area contributed by atoms with E-state index in [-0.39, 0.29) is 5.91 Å². The number of nitrogens with zero attached hydrogens (tertiary/aromatic N) is 1. The molecule has 0 aliphatic heterocycles. The SMILES string of the molecule is CCNc1nc(N)c(C(=O)NCCCCCCC(C)C)s1. The summed E-state index contributed by atoms with van der Waals surface area (Å²) in [6.07, 6.45) is 5.98. The van der Waals surface area contributed by atoms with E-state index in [0.29, 0.717) is 22.4 Å². The lowest BCUT2D eigenvalue weighted by Crippen LogP contribution is -2.24. The van der Waals surface area contributed by atoms with Crippen LogP contribution in [-0.4, -0.2) is 24.0 Å². The normalized spacial score (nSPS) is 10.9. The molecule has 1 aromatic rings. The third kappa shape index (κ3) is 6.80. The minimum atomic E-state index is -0.115. The van der Waals surface area contributed by atoms with E-state index in [1.807, 2.05) is 6.92 Å². The summed E-state index contributed by atoms with van der Waals surface area (Å²) in [5, 5.41) is 6.69. The smallest absolute Gasteiger partial charge is 0.265 e. The second-order valence-electron chi connectivity index (χ2n) is 5.62. The molecule has 0 unspecified atom stereocenters. The van der Waals surface area contributed by atoms with Gasteiger partial charge in [-0.2, -0.15) is 0 Å². The van der Waals surface area contributed by atoms with Crippen molar-refractivity contribution in [3.8, 4) is 0 Å². The van der Waals surface area contributed by atoms with Crippen LogP contribution < -0.4 is 16.4 Å². The lowest BCUT2D eigenvalue weighted by Gasteiger charge is -2.05. The number of unbranched alkanes of at least 4 members (excludes halogenated alkanes) is 3. The third-order valence-electron chi connectivity index (χ3n) is 3.18. The van der Waals surface area contributed by atoms with Gasteiger partial charge in [0.2, 0.25) is 0 Å². The predicted octanol–water partition coefficient (Wildman–Crippen LogP) is 3.49. The third-order valence-corrected chi connectivity index (χ3v) is 4.21. The molecule has 0 saturated carbocycles. The molecule has 0 bridgehead atoms. The summed E-state index contributed by atoms with van der Waals surface area (Å²) >= 11 is 1.31. The number of hydrogen-bond acceptors (Lipinski definition) is 5. The molecule has 1 aromatic heterocycles. The average Bonchev–Trinajstić information content (AvgIpc) is 2.78. The van der Waals surface area contributed by atoms with Crippen LogP contribution in [0.3, 0.4) is 0 Å². The maximum atomic E-state index is 12.0. The predicted molar refractivity (Wildman–Crippen MR) is 90.9 cm³/mol. The van der Waals surface area contributed by atoms with Crippen molar-refractivity contribution in [1.82, 2.24) is 10.3 Å². The van der Waals surface area contributed by atoms with Gasteiger partial charge in [0, 0.05) is 13.1 Å². The van der Waals surface area contributed by atoms with E-state index in [4.69, 9.17) is 5.73 Å². The molecule has 0 saturated heterocycles. The van der Waals surface area contributed by atoms with E-state index in [2.05, 4.69) is 29.5 Å². The number of nitrogen functional groups attached to an aromatic ring is 1. The molecular formula is C15H28N4OS. The minimum absolute atomic E-state index is 0.115. The van der Waals surface area contributed by atoms with Crippen molar-refractivity contribution >= 4 is 28.2 Å². The van der Waals surface area contributed by atoms with Crippen molar-refractivity contribution in [3.05, 3.63) is 4.88 Å². The Morgan fingerprint density at radius 3 is 2.67 bits per heavy atom. The van der Waals surface area contributed by atoms with Gasteiger partial charge in [-0.15, -0.1) is 0 Å². The van der Waals surface area contributed by atoms with Gasteiger partial charge < -0.3 is 16.4 Å². The summed E-state index contributed by atoms with van der Waals surface area (Å²) in [6, 6.07) is 0. The van der Waals surface area contributed by atoms with Crippen molar-refractivity contribution in [2.24, 2.45) is 5.92 Å². The molecule has 0 spiro atoms. The van der Waals surface area contributed by atoms with Crippen LogP contribution in [0.4, 0.5) is 10.9 Å². The largest absolute Gasteiger partial charge is 0.382 e. The first-order valence-electron chi connectivity index (χ1n) is 7.83. The zero-order chi connectivity index (χ0) is 15.7. The number of carbonyl (C=O) groups is 1. The number of thiazole rings is 1. The van der Waals surface area contributed by atoms with Crippen molar-refractivity contribution in [1.29, 1.82) is 0 Å². The molecule has 6 heteroatoms. The van der Waals surface area contributed by atoms with Crippen LogP contribution in [0.25, 0.3) is 0 Å². The number of nitrogens with two attached hydrogens (primary N) is 1. The molecule has 0 fully saturated rings. The van der Waals surface area contributed by atoms with Gasteiger partial charge >= 0.3 is 0 Å². The van der Waals surface area contributed by atoms with E-state index in [1.54, 1.807) is 0 Å². The zero-order valence-electron chi connectivity index (χ0n) is 13.4. The van der Waals surface area contributed by atoms with Crippen molar-refractivity contribution in [2.75, 3.05) is 24.1 Å². The fourth-order valence-corrected chi connectivity index (χ4v) is 2.90. The summed E-state index contributed by atoms with van der Waals surface area (Å²) in [5.74, 6) is 0.978.